The smallest absolute Gasteiger partial charge is 0.325 e. The van der Waals surface area contributed by atoms with Gasteiger partial charge in [-0.05, 0) is 30.0 Å². The third-order valence-corrected chi connectivity index (χ3v) is 6.51. The van der Waals surface area contributed by atoms with Crippen molar-refractivity contribution in [2.24, 2.45) is 5.92 Å². The number of benzene rings is 2. The standard InChI is InChI=1S/C25H29N5O3/c1-4-16(3)21(22-26-18-13-9-10-14-19(18)27-22)28-20(31)15-30-23(32)25(5-2,29-24(30)33)17-11-7-6-8-12-17/h6-14,16,21H,4-5,15H2,1-3H3,(H,26,27)(H,28,31)(H,29,33). The molecule has 1 aliphatic heterocycles. The minimum Gasteiger partial charge on any atom is -0.344 e. The van der Waals surface area contributed by atoms with Crippen molar-refractivity contribution in [1.29, 1.82) is 0 Å². The van der Waals surface area contributed by atoms with Crippen molar-refractivity contribution in [2.45, 2.75) is 45.2 Å². The van der Waals surface area contributed by atoms with Crippen molar-refractivity contribution in [3.05, 3.63) is 66.0 Å². The van der Waals surface area contributed by atoms with Gasteiger partial charge < -0.3 is 15.6 Å². The van der Waals surface area contributed by atoms with E-state index < -0.39 is 23.4 Å². The number of amides is 4. The average molecular weight is 448 g/mol. The number of carbonyl (C=O) groups is 3. The number of hydrogen-bond acceptors (Lipinski definition) is 4. The van der Waals surface area contributed by atoms with E-state index in [1.807, 2.05) is 75.4 Å². The normalized spacial score (nSPS) is 20.0. The molecule has 0 bridgehead atoms. The SMILES string of the molecule is CCC(C)C(NC(=O)CN1C(=O)NC(CC)(c2ccccc2)C1=O)c1nc2ccccc2[nH]1. The summed E-state index contributed by atoms with van der Waals surface area (Å²) in [6, 6.07) is 15.9. The summed E-state index contributed by atoms with van der Waals surface area (Å²) in [7, 11) is 0. The van der Waals surface area contributed by atoms with Crippen LogP contribution in [0, 0.1) is 5.92 Å². The fourth-order valence-electron chi connectivity index (χ4n) is 4.33. The van der Waals surface area contributed by atoms with Crippen LogP contribution in [0.25, 0.3) is 11.0 Å². The number of imide groups is 1. The van der Waals surface area contributed by atoms with Gasteiger partial charge in [0, 0.05) is 0 Å². The van der Waals surface area contributed by atoms with Gasteiger partial charge in [0.25, 0.3) is 5.91 Å². The van der Waals surface area contributed by atoms with E-state index in [4.69, 9.17) is 0 Å². The fourth-order valence-corrected chi connectivity index (χ4v) is 4.33. The van der Waals surface area contributed by atoms with Gasteiger partial charge in [0.2, 0.25) is 5.91 Å². The van der Waals surface area contributed by atoms with E-state index in [1.54, 1.807) is 0 Å². The lowest BCUT2D eigenvalue weighted by Crippen LogP contribution is -2.45. The second-order valence-electron chi connectivity index (χ2n) is 8.52. The van der Waals surface area contributed by atoms with Gasteiger partial charge in [0.05, 0.1) is 17.1 Å². The van der Waals surface area contributed by atoms with Crippen molar-refractivity contribution >= 4 is 28.9 Å². The molecule has 3 atom stereocenters. The van der Waals surface area contributed by atoms with Crippen LogP contribution in [-0.2, 0) is 15.1 Å². The molecule has 1 fully saturated rings. The number of hydrogen-bond donors (Lipinski definition) is 3. The Hall–Kier alpha value is -3.68. The summed E-state index contributed by atoms with van der Waals surface area (Å²) in [5.74, 6) is -0.0793. The second kappa shape index (κ2) is 9.05. The highest BCUT2D eigenvalue weighted by molar-refractivity contribution is 6.09. The first-order chi connectivity index (χ1) is 15.9. The maximum Gasteiger partial charge on any atom is 0.325 e. The maximum atomic E-state index is 13.3. The van der Waals surface area contributed by atoms with Crippen LogP contribution in [0.3, 0.4) is 0 Å². The van der Waals surface area contributed by atoms with E-state index in [2.05, 4.69) is 20.6 Å². The van der Waals surface area contributed by atoms with E-state index in [1.165, 1.54) is 0 Å². The van der Waals surface area contributed by atoms with Gasteiger partial charge in [0.15, 0.2) is 0 Å². The number of H-pyrrole nitrogens is 1. The van der Waals surface area contributed by atoms with E-state index in [0.717, 1.165) is 22.4 Å². The topological polar surface area (TPSA) is 107 Å². The molecule has 0 radical (unpaired) electrons. The van der Waals surface area contributed by atoms with Crippen molar-refractivity contribution in [3.8, 4) is 0 Å². The fraction of sp³-hybridized carbons (Fsp3) is 0.360. The molecule has 1 aliphatic rings. The molecule has 0 aliphatic carbocycles. The molecule has 0 spiro atoms. The lowest BCUT2D eigenvalue weighted by Gasteiger charge is -2.26. The predicted octanol–water partition coefficient (Wildman–Crippen LogP) is 3.62. The zero-order valence-corrected chi connectivity index (χ0v) is 19.1. The lowest BCUT2D eigenvalue weighted by molar-refractivity contribution is -0.135. The van der Waals surface area contributed by atoms with E-state index in [-0.39, 0.29) is 18.5 Å². The summed E-state index contributed by atoms with van der Waals surface area (Å²) in [5, 5.41) is 5.81. The Bertz CT molecular complexity index is 1140. The highest BCUT2D eigenvalue weighted by Crippen LogP contribution is 2.32. The highest BCUT2D eigenvalue weighted by Gasteiger charge is 2.51. The van der Waals surface area contributed by atoms with Crippen molar-refractivity contribution in [2.75, 3.05) is 6.54 Å². The molecule has 3 aromatic rings. The monoisotopic (exact) mass is 447 g/mol. The van der Waals surface area contributed by atoms with Crippen LogP contribution < -0.4 is 10.6 Å². The molecule has 2 heterocycles. The van der Waals surface area contributed by atoms with Crippen LogP contribution in [0.4, 0.5) is 4.79 Å². The van der Waals surface area contributed by atoms with Gasteiger partial charge in [-0.3, -0.25) is 14.5 Å². The Morgan fingerprint density at radius 1 is 1.09 bits per heavy atom. The molecule has 2 aromatic carbocycles. The van der Waals surface area contributed by atoms with E-state index in [0.29, 0.717) is 17.8 Å². The summed E-state index contributed by atoms with van der Waals surface area (Å²) in [5.41, 5.74) is 1.25. The number of carbonyl (C=O) groups excluding carboxylic acids is 3. The van der Waals surface area contributed by atoms with E-state index in [9.17, 15) is 14.4 Å². The first-order valence-corrected chi connectivity index (χ1v) is 11.3. The van der Waals surface area contributed by atoms with Gasteiger partial charge in [-0.15, -0.1) is 0 Å². The zero-order valence-electron chi connectivity index (χ0n) is 19.1. The zero-order chi connectivity index (χ0) is 23.6. The Morgan fingerprint density at radius 2 is 1.79 bits per heavy atom. The number of aromatic amines is 1. The van der Waals surface area contributed by atoms with Crippen LogP contribution in [0.5, 0.6) is 0 Å². The molecule has 33 heavy (non-hydrogen) atoms. The third-order valence-electron chi connectivity index (χ3n) is 6.51. The number of aromatic nitrogens is 2. The van der Waals surface area contributed by atoms with Gasteiger partial charge in [-0.25, -0.2) is 9.78 Å². The summed E-state index contributed by atoms with van der Waals surface area (Å²) in [6.45, 7) is 5.56. The molecular formula is C25H29N5O3. The molecule has 3 unspecified atom stereocenters. The van der Waals surface area contributed by atoms with Crippen molar-refractivity contribution in [1.82, 2.24) is 25.5 Å². The number of para-hydroxylation sites is 2. The first kappa shape index (κ1) is 22.5. The predicted molar refractivity (Wildman–Crippen MR) is 125 cm³/mol. The molecule has 3 N–H and O–H groups in total. The Balaban J connectivity index is 1.54. The van der Waals surface area contributed by atoms with Gasteiger partial charge in [0.1, 0.15) is 17.9 Å². The molecule has 8 heteroatoms. The molecule has 8 nitrogen and oxygen atoms in total. The van der Waals surface area contributed by atoms with E-state index >= 15 is 0 Å². The highest BCUT2D eigenvalue weighted by atomic mass is 16.2. The third kappa shape index (κ3) is 4.08. The summed E-state index contributed by atoms with van der Waals surface area (Å²) in [4.78, 5) is 48.0. The Kier molecular flexibility index (Phi) is 6.18. The van der Waals surface area contributed by atoms with Crippen molar-refractivity contribution in [3.63, 3.8) is 0 Å². The molecule has 4 amide bonds. The lowest BCUT2D eigenvalue weighted by atomic mass is 9.87. The van der Waals surface area contributed by atoms with Gasteiger partial charge >= 0.3 is 6.03 Å². The van der Waals surface area contributed by atoms with Crippen LogP contribution in [0.1, 0.15) is 51.0 Å². The summed E-state index contributed by atoms with van der Waals surface area (Å²) < 4.78 is 0. The number of nitrogens with one attached hydrogen (secondary N) is 3. The largest absolute Gasteiger partial charge is 0.344 e. The molecular weight excluding hydrogens is 418 g/mol. The molecule has 0 saturated carbocycles. The average Bonchev–Trinajstić information content (AvgIpc) is 3.37. The van der Waals surface area contributed by atoms with Gasteiger partial charge in [-0.2, -0.15) is 0 Å². The molecule has 1 aromatic heterocycles. The molecule has 1 saturated heterocycles. The summed E-state index contributed by atoms with van der Waals surface area (Å²) in [6.07, 6.45) is 1.20. The number of rotatable bonds is 8. The molecule has 4 rings (SSSR count). The second-order valence-corrected chi connectivity index (χ2v) is 8.52. The van der Waals surface area contributed by atoms with Crippen molar-refractivity contribution < 1.29 is 14.4 Å². The minimum atomic E-state index is -1.16. The summed E-state index contributed by atoms with van der Waals surface area (Å²) >= 11 is 0. The van der Waals surface area contributed by atoms with Crippen LogP contribution in [-0.4, -0.2) is 39.3 Å². The first-order valence-electron chi connectivity index (χ1n) is 11.3. The van der Waals surface area contributed by atoms with Crippen LogP contribution in [0.15, 0.2) is 54.6 Å². The number of urea groups is 1. The maximum absolute atomic E-state index is 13.3. The minimum absolute atomic E-state index is 0.0941. The van der Waals surface area contributed by atoms with Gasteiger partial charge in [-0.1, -0.05) is 69.7 Å². The Morgan fingerprint density at radius 3 is 2.45 bits per heavy atom. The number of fused-ring (bicyclic) bond motifs is 1. The molecule has 172 valence electrons. The quantitative estimate of drug-likeness (QED) is 0.458. The van der Waals surface area contributed by atoms with Crippen LogP contribution >= 0.6 is 0 Å². The number of imidazole rings is 1. The Labute approximate surface area is 192 Å². The van der Waals surface area contributed by atoms with Crippen LogP contribution in [0.2, 0.25) is 0 Å². The number of nitrogens with zero attached hydrogens (tertiary/aromatic N) is 2.